The highest BCUT2D eigenvalue weighted by molar-refractivity contribution is 6.26. The number of ether oxygens (including phenoxy) is 1. The van der Waals surface area contributed by atoms with Gasteiger partial charge in [0.15, 0.2) is 6.10 Å². The molecule has 0 aromatic heterocycles. The minimum atomic E-state index is -1.15. The van der Waals surface area contributed by atoms with E-state index in [1.807, 2.05) is 0 Å². The van der Waals surface area contributed by atoms with Crippen molar-refractivity contribution in [3.63, 3.8) is 0 Å². The molecule has 2 amide bonds. The van der Waals surface area contributed by atoms with Crippen LogP contribution in [0.1, 0.15) is 24.2 Å². The fraction of sp³-hybridized carbons (Fsp3) is 0.357. The number of ketones is 1. The minimum absolute atomic E-state index is 0.258. The van der Waals surface area contributed by atoms with Crippen molar-refractivity contribution in [1.82, 2.24) is 0 Å². The number of carbonyl (C=O) groups is 3. The largest absolute Gasteiger partial charge is 0.361 e. The van der Waals surface area contributed by atoms with Crippen LogP contribution in [0.5, 0.6) is 0 Å². The fourth-order valence-corrected chi connectivity index (χ4v) is 2.22. The molecule has 1 aromatic carbocycles. The molecule has 0 saturated carbocycles. The second kappa shape index (κ2) is 5.42. The average molecular weight is 276 g/mol. The normalized spacial score (nSPS) is 17.9. The maximum atomic E-state index is 12.4. The topological polar surface area (TPSA) is 75.7 Å². The van der Waals surface area contributed by atoms with Crippen molar-refractivity contribution in [2.45, 2.75) is 20.0 Å². The molecule has 6 nitrogen and oxygen atoms in total. The van der Waals surface area contributed by atoms with E-state index >= 15 is 0 Å². The van der Waals surface area contributed by atoms with E-state index in [-0.39, 0.29) is 12.5 Å². The number of anilines is 2. The average Bonchev–Trinajstić information content (AvgIpc) is 2.40. The number of fused-ring (bicyclic) bond motifs is 1. The second-order valence-electron chi connectivity index (χ2n) is 4.48. The van der Waals surface area contributed by atoms with Crippen molar-refractivity contribution in [3.8, 4) is 0 Å². The van der Waals surface area contributed by atoms with Gasteiger partial charge in [-0.25, -0.2) is 0 Å². The summed E-state index contributed by atoms with van der Waals surface area (Å²) in [4.78, 5) is 37.2. The summed E-state index contributed by atoms with van der Waals surface area (Å²) in [5.74, 6) is -1.10. The molecule has 6 heteroatoms. The van der Waals surface area contributed by atoms with Gasteiger partial charge in [-0.2, -0.15) is 0 Å². The molecule has 0 spiro atoms. The van der Waals surface area contributed by atoms with Crippen LogP contribution in [0.3, 0.4) is 0 Å². The van der Waals surface area contributed by atoms with Crippen LogP contribution in [0.4, 0.5) is 11.4 Å². The van der Waals surface area contributed by atoms with E-state index in [0.29, 0.717) is 16.9 Å². The third kappa shape index (κ3) is 2.30. The van der Waals surface area contributed by atoms with Crippen LogP contribution in [0, 0.1) is 0 Å². The van der Waals surface area contributed by atoms with Crippen molar-refractivity contribution < 1.29 is 19.1 Å². The summed E-state index contributed by atoms with van der Waals surface area (Å²) in [6, 6.07) is 4.98. The van der Waals surface area contributed by atoms with E-state index in [9.17, 15) is 14.4 Å². The number of likely N-dealkylation sites (N-methyl/N-ethyl adjacent to an activating group) is 1. The smallest absolute Gasteiger partial charge is 0.264 e. The SMILES string of the molecule is CCOC1C(=O)c2c(NC(C)=O)cccc2N(C)C1=O. The number of hydrogen-bond donors (Lipinski definition) is 1. The zero-order valence-corrected chi connectivity index (χ0v) is 11.6. The molecule has 106 valence electrons. The Kier molecular flexibility index (Phi) is 3.85. The van der Waals surface area contributed by atoms with Gasteiger partial charge in [0.05, 0.1) is 16.9 Å². The van der Waals surface area contributed by atoms with Crippen molar-refractivity contribution in [2.75, 3.05) is 23.9 Å². The second-order valence-corrected chi connectivity index (χ2v) is 4.48. The van der Waals surface area contributed by atoms with Gasteiger partial charge in [0, 0.05) is 20.6 Å². The molecule has 1 unspecified atom stereocenters. The Bertz CT molecular complexity index is 583. The van der Waals surface area contributed by atoms with Gasteiger partial charge < -0.3 is 15.0 Å². The number of amides is 2. The van der Waals surface area contributed by atoms with Crippen molar-refractivity contribution in [1.29, 1.82) is 0 Å². The number of benzene rings is 1. The Morgan fingerprint density at radius 2 is 2.10 bits per heavy atom. The van der Waals surface area contributed by atoms with Crippen molar-refractivity contribution in [3.05, 3.63) is 23.8 Å². The van der Waals surface area contributed by atoms with Crippen LogP contribution in [0.2, 0.25) is 0 Å². The summed E-state index contributed by atoms with van der Waals surface area (Å²) in [7, 11) is 1.58. The zero-order valence-electron chi connectivity index (χ0n) is 11.6. The van der Waals surface area contributed by atoms with Gasteiger partial charge >= 0.3 is 0 Å². The van der Waals surface area contributed by atoms with E-state index in [0.717, 1.165) is 0 Å². The molecule has 2 rings (SSSR count). The predicted molar refractivity (Wildman–Crippen MR) is 73.9 cm³/mol. The van der Waals surface area contributed by atoms with Gasteiger partial charge in [0.1, 0.15) is 0 Å². The lowest BCUT2D eigenvalue weighted by molar-refractivity contribution is -0.127. The highest BCUT2D eigenvalue weighted by atomic mass is 16.5. The molecular weight excluding hydrogens is 260 g/mol. The fourth-order valence-electron chi connectivity index (χ4n) is 2.22. The number of carbonyl (C=O) groups excluding carboxylic acids is 3. The lowest BCUT2D eigenvalue weighted by atomic mass is 9.96. The van der Waals surface area contributed by atoms with Crippen LogP contribution in [-0.4, -0.2) is 37.4 Å². The summed E-state index contributed by atoms with van der Waals surface area (Å²) >= 11 is 0. The lowest BCUT2D eigenvalue weighted by Gasteiger charge is -2.31. The number of Topliss-reactive ketones (excluding diaryl/α,β-unsaturated/α-hetero) is 1. The summed E-state index contributed by atoms with van der Waals surface area (Å²) in [5.41, 5.74) is 1.18. The molecule has 1 heterocycles. The molecule has 0 fully saturated rings. The third-order valence-corrected chi connectivity index (χ3v) is 3.09. The van der Waals surface area contributed by atoms with Crippen LogP contribution in [-0.2, 0) is 14.3 Å². The first-order valence-electron chi connectivity index (χ1n) is 6.31. The molecule has 0 radical (unpaired) electrons. The Balaban J connectivity index is 2.55. The standard InChI is InChI=1S/C14H16N2O4/c1-4-20-13-12(18)11-9(15-8(2)17)6-5-7-10(11)16(3)14(13)19/h5-7,13H,4H2,1-3H3,(H,15,17). The molecule has 1 N–H and O–H groups in total. The Hall–Kier alpha value is -2.21. The van der Waals surface area contributed by atoms with Gasteiger partial charge in [-0.05, 0) is 19.1 Å². The van der Waals surface area contributed by atoms with Crippen LogP contribution in [0.25, 0.3) is 0 Å². The van der Waals surface area contributed by atoms with E-state index in [2.05, 4.69) is 5.32 Å². The molecule has 1 aliphatic rings. The first kappa shape index (κ1) is 14.2. The van der Waals surface area contributed by atoms with E-state index in [1.165, 1.54) is 11.8 Å². The predicted octanol–water partition coefficient (Wildman–Crippen LogP) is 1.21. The molecular formula is C14H16N2O4. The monoisotopic (exact) mass is 276 g/mol. The summed E-state index contributed by atoms with van der Waals surface area (Å²) in [5, 5.41) is 2.61. The molecule has 0 aliphatic carbocycles. The summed E-state index contributed by atoms with van der Waals surface area (Å²) in [6.07, 6.45) is -1.15. The maximum Gasteiger partial charge on any atom is 0.264 e. The van der Waals surface area contributed by atoms with Gasteiger partial charge in [-0.1, -0.05) is 6.07 Å². The third-order valence-electron chi connectivity index (χ3n) is 3.09. The zero-order chi connectivity index (χ0) is 14.9. The van der Waals surface area contributed by atoms with Crippen molar-refractivity contribution >= 4 is 29.0 Å². The molecule has 1 atom stereocenters. The minimum Gasteiger partial charge on any atom is -0.361 e. The van der Waals surface area contributed by atoms with Gasteiger partial charge in [0.2, 0.25) is 11.7 Å². The summed E-state index contributed by atoms with van der Waals surface area (Å²) in [6.45, 7) is 3.34. The molecule has 20 heavy (non-hydrogen) atoms. The van der Waals surface area contributed by atoms with Gasteiger partial charge in [-0.3, -0.25) is 14.4 Å². The van der Waals surface area contributed by atoms with Crippen LogP contribution >= 0.6 is 0 Å². The summed E-state index contributed by atoms with van der Waals surface area (Å²) < 4.78 is 5.24. The number of hydrogen-bond acceptors (Lipinski definition) is 4. The Morgan fingerprint density at radius 3 is 2.70 bits per heavy atom. The number of nitrogens with one attached hydrogen (secondary N) is 1. The lowest BCUT2D eigenvalue weighted by Crippen LogP contribution is -2.48. The maximum absolute atomic E-state index is 12.4. The van der Waals surface area contributed by atoms with Crippen molar-refractivity contribution in [2.24, 2.45) is 0 Å². The molecule has 0 bridgehead atoms. The number of rotatable bonds is 3. The van der Waals surface area contributed by atoms with E-state index in [4.69, 9.17) is 4.74 Å². The highest BCUT2D eigenvalue weighted by Gasteiger charge is 2.39. The first-order chi connectivity index (χ1) is 9.47. The Labute approximate surface area is 116 Å². The quantitative estimate of drug-likeness (QED) is 0.842. The van der Waals surface area contributed by atoms with Gasteiger partial charge in [0.25, 0.3) is 5.91 Å². The van der Waals surface area contributed by atoms with Gasteiger partial charge in [-0.15, -0.1) is 0 Å². The molecule has 1 aliphatic heterocycles. The van der Waals surface area contributed by atoms with Crippen LogP contribution < -0.4 is 10.2 Å². The number of nitrogens with zero attached hydrogens (tertiary/aromatic N) is 1. The molecule has 1 aromatic rings. The highest BCUT2D eigenvalue weighted by Crippen LogP contribution is 2.33. The van der Waals surface area contributed by atoms with Crippen LogP contribution in [0.15, 0.2) is 18.2 Å². The Morgan fingerprint density at radius 1 is 1.40 bits per heavy atom. The van der Waals surface area contributed by atoms with E-state index in [1.54, 1.807) is 32.2 Å². The first-order valence-corrected chi connectivity index (χ1v) is 6.31. The van der Waals surface area contributed by atoms with E-state index < -0.39 is 17.8 Å². The molecule has 0 saturated heterocycles.